The standard InChI is InChI=1S/C22H31N5OSi.C19H23N5O/c1-29(2,3)28-15-14-27-16-19(18-10-7-12-23-21(18)27)20-11-13-24-22(26-20)25-17-8-5-4-6-9-17;25-12-11-24-13-16(15-7-4-9-20-18(15)24)17-8-10-21-19(23-17)22-14-5-2-1-3-6-14/h7,10-13,16-17H,4-6,8-9,14-15H2,1-3H3,(H,24,25,26);4,7-10,13-14,25H,1-3,5-6,11-12H2,(H,21,22,23). The molecule has 6 aromatic heterocycles. The highest BCUT2D eigenvalue weighted by Crippen LogP contribution is 2.31. The molecule has 0 aromatic carbocycles. The molecule has 0 atom stereocenters. The fraction of sp³-hybridized carbons (Fsp3) is 0.463. The maximum atomic E-state index is 9.30. The summed E-state index contributed by atoms with van der Waals surface area (Å²) in [6.45, 7) is 8.73. The third-order valence-electron chi connectivity index (χ3n) is 10.2. The third-order valence-corrected chi connectivity index (χ3v) is 11.3. The summed E-state index contributed by atoms with van der Waals surface area (Å²) in [5.41, 5.74) is 5.76. The largest absolute Gasteiger partial charge is 0.416 e. The second kappa shape index (κ2) is 17.6. The molecule has 54 heavy (non-hydrogen) atoms. The molecule has 2 saturated carbocycles. The molecule has 0 spiro atoms. The van der Waals surface area contributed by atoms with Gasteiger partial charge in [-0.25, -0.2) is 29.9 Å². The van der Waals surface area contributed by atoms with E-state index in [-0.39, 0.29) is 6.61 Å². The fourth-order valence-electron chi connectivity index (χ4n) is 7.57. The van der Waals surface area contributed by atoms with E-state index in [0.717, 1.165) is 57.1 Å². The lowest BCUT2D eigenvalue weighted by Gasteiger charge is -2.22. The van der Waals surface area contributed by atoms with Gasteiger partial charge in [0.05, 0.1) is 24.6 Å². The highest BCUT2D eigenvalue weighted by molar-refractivity contribution is 6.69. The van der Waals surface area contributed by atoms with Crippen molar-refractivity contribution in [3.8, 4) is 22.5 Å². The first-order chi connectivity index (χ1) is 26.3. The molecule has 0 radical (unpaired) electrons. The topological polar surface area (TPSA) is 141 Å². The average molecular weight is 747 g/mol. The van der Waals surface area contributed by atoms with Crippen molar-refractivity contribution in [2.75, 3.05) is 23.8 Å². The molecular weight excluding hydrogens is 693 g/mol. The van der Waals surface area contributed by atoms with Gasteiger partial charge >= 0.3 is 0 Å². The highest BCUT2D eigenvalue weighted by Gasteiger charge is 2.19. The van der Waals surface area contributed by atoms with Crippen LogP contribution in [0.4, 0.5) is 11.9 Å². The molecule has 2 aliphatic carbocycles. The van der Waals surface area contributed by atoms with Gasteiger partial charge in [0.2, 0.25) is 11.9 Å². The van der Waals surface area contributed by atoms with Gasteiger partial charge < -0.3 is 29.3 Å². The number of nitrogens with one attached hydrogen (secondary N) is 2. The zero-order valence-corrected chi connectivity index (χ0v) is 32.9. The molecule has 2 aliphatic rings. The van der Waals surface area contributed by atoms with Crippen LogP contribution in [0.5, 0.6) is 0 Å². The Balaban J connectivity index is 0.000000168. The van der Waals surface area contributed by atoms with Crippen LogP contribution in [0.15, 0.2) is 73.6 Å². The fourth-order valence-corrected chi connectivity index (χ4v) is 8.27. The van der Waals surface area contributed by atoms with Crippen molar-refractivity contribution in [3.63, 3.8) is 0 Å². The Morgan fingerprint density at radius 3 is 1.59 bits per heavy atom. The molecule has 284 valence electrons. The minimum Gasteiger partial charge on any atom is -0.416 e. The first kappa shape index (κ1) is 37.6. The summed E-state index contributed by atoms with van der Waals surface area (Å²) in [6, 6.07) is 12.9. The Labute approximate surface area is 319 Å². The van der Waals surface area contributed by atoms with Crippen LogP contribution in [0.1, 0.15) is 64.2 Å². The molecule has 6 heterocycles. The Bertz CT molecular complexity index is 2110. The molecule has 3 N–H and O–H groups in total. The lowest BCUT2D eigenvalue weighted by atomic mass is 9.96. The predicted octanol–water partition coefficient (Wildman–Crippen LogP) is 8.32. The number of aliphatic hydroxyl groups is 1. The maximum absolute atomic E-state index is 9.30. The number of fused-ring (bicyclic) bond motifs is 2. The first-order valence-corrected chi connectivity index (χ1v) is 23.1. The average Bonchev–Trinajstić information content (AvgIpc) is 3.75. The number of aliphatic hydroxyl groups excluding tert-OH is 1. The number of rotatable bonds is 12. The number of pyridine rings is 2. The molecule has 0 aliphatic heterocycles. The Morgan fingerprint density at radius 2 is 1.13 bits per heavy atom. The van der Waals surface area contributed by atoms with E-state index >= 15 is 0 Å². The van der Waals surface area contributed by atoms with Crippen LogP contribution < -0.4 is 10.6 Å². The van der Waals surface area contributed by atoms with Crippen LogP contribution in [0.3, 0.4) is 0 Å². The molecule has 2 fully saturated rings. The minimum absolute atomic E-state index is 0.0814. The predicted molar refractivity (Wildman–Crippen MR) is 219 cm³/mol. The SMILES string of the molecule is C[Si](C)(C)OCCn1cc(-c2ccnc(NC3CCCCC3)n2)c2cccnc21.OCCn1cc(-c2ccnc(NC3CCCCC3)n2)c2cccnc21. The number of nitrogens with zero attached hydrogens (tertiary/aromatic N) is 8. The zero-order valence-electron chi connectivity index (χ0n) is 31.9. The van der Waals surface area contributed by atoms with Crippen molar-refractivity contribution >= 4 is 42.3 Å². The van der Waals surface area contributed by atoms with E-state index in [1.54, 1.807) is 12.4 Å². The van der Waals surface area contributed by atoms with Crippen molar-refractivity contribution in [1.82, 2.24) is 39.0 Å². The van der Waals surface area contributed by atoms with Gasteiger partial charge in [0.1, 0.15) is 11.3 Å². The summed E-state index contributed by atoms with van der Waals surface area (Å²) in [5, 5.41) is 18.5. The van der Waals surface area contributed by atoms with Crippen LogP contribution >= 0.6 is 0 Å². The number of aromatic nitrogens is 8. The number of hydrogen-bond acceptors (Lipinski definition) is 10. The van der Waals surface area contributed by atoms with Gasteiger partial charge in [-0.2, -0.15) is 0 Å². The first-order valence-electron chi connectivity index (χ1n) is 19.7. The summed E-state index contributed by atoms with van der Waals surface area (Å²) in [6.07, 6.45) is 24.0. The van der Waals surface area contributed by atoms with E-state index in [2.05, 4.69) is 67.0 Å². The molecule has 0 saturated heterocycles. The van der Waals surface area contributed by atoms with E-state index in [1.165, 1.54) is 64.2 Å². The van der Waals surface area contributed by atoms with Crippen LogP contribution in [0.25, 0.3) is 44.6 Å². The molecule has 8 rings (SSSR count). The van der Waals surface area contributed by atoms with Gasteiger partial charge in [0, 0.05) is 84.3 Å². The quantitative estimate of drug-likeness (QED) is 0.105. The summed E-state index contributed by atoms with van der Waals surface area (Å²) >= 11 is 0. The summed E-state index contributed by atoms with van der Waals surface area (Å²) in [5.74, 6) is 1.41. The monoisotopic (exact) mass is 746 g/mol. The summed E-state index contributed by atoms with van der Waals surface area (Å²) in [7, 11) is -1.53. The lowest BCUT2D eigenvalue weighted by Crippen LogP contribution is -2.27. The van der Waals surface area contributed by atoms with Gasteiger partial charge in [-0.15, -0.1) is 0 Å². The Kier molecular flexibility index (Phi) is 12.3. The molecule has 12 nitrogen and oxygen atoms in total. The lowest BCUT2D eigenvalue weighted by molar-refractivity contribution is 0.278. The number of anilines is 2. The van der Waals surface area contributed by atoms with Crippen molar-refractivity contribution in [2.24, 2.45) is 0 Å². The molecule has 0 amide bonds. The zero-order chi connectivity index (χ0) is 37.3. The van der Waals surface area contributed by atoms with E-state index in [9.17, 15) is 5.11 Å². The van der Waals surface area contributed by atoms with Gasteiger partial charge in [-0.3, -0.25) is 0 Å². The molecule has 0 unspecified atom stereocenters. The van der Waals surface area contributed by atoms with Crippen LogP contribution in [0.2, 0.25) is 19.6 Å². The Hall–Kier alpha value is -4.72. The summed E-state index contributed by atoms with van der Waals surface area (Å²) < 4.78 is 10.2. The van der Waals surface area contributed by atoms with Gasteiger partial charge in [0.15, 0.2) is 8.32 Å². The molecular formula is C41H54N10O2Si. The van der Waals surface area contributed by atoms with Gasteiger partial charge in [-0.05, 0) is 81.7 Å². The van der Waals surface area contributed by atoms with Gasteiger partial charge in [-0.1, -0.05) is 38.5 Å². The molecule has 13 heteroatoms. The van der Waals surface area contributed by atoms with Crippen LogP contribution in [-0.2, 0) is 17.5 Å². The van der Waals surface area contributed by atoms with Crippen LogP contribution in [-0.4, -0.2) is 77.8 Å². The van der Waals surface area contributed by atoms with Crippen molar-refractivity contribution < 1.29 is 9.53 Å². The van der Waals surface area contributed by atoms with Crippen LogP contribution in [0, 0.1) is 0 Å². The van der Waals surface area contributed by atoms with E-state index in [4.69, 9.17) is 14.4 Å². The third kappa shape index (κ3) is 9.49. The summed E-state index contributed by atoms with van der Waals surface area (Å²) in [4.78, 5) is 27.5. The van der Waals surface area contributed by atoms with Gasteiger partial charge in [0.25, 0.3) is 0 Å². The van der Waals surface area contributed by atoms with Crippen molar-refractivity contribution in [3.05, 3.63) is 73.6 Å². The smallest absolute Gasteiger partial charge is 0.223 e. The second-order valence-electron chi connectivity index (χ2n) is 15.4. The van der Waals surface area contributed by atoms with E-state index < -0.39 is 8.32 Å². The molecule has 0 bridgehead atoms. The minimum atomic E-state index is -1.53. The Morgan fingerprint density at radius 1 is 0.648 bits per heavy atom. The van der Waals surface area contributed by atoms with E-state index in [0.29, 0.717) is 31.2 Å². The maximum Gasteiger partial charge on any atom is 0.223 e. The number of hydrogen-bond donors (Lipinski definition) is 3. The van der Waals surface area contributed by atoms with Crippen molar-refractivity contribution in [1.29, 1.82) is 0 Å². The molecule has 6 aromatic rings. The second-order valence-corrected chi connectivity index (χ2v) is 19.9. The normalized spacial score (nSPS) is 15.6. The van der Waals surface area contributed by atoms with E-state index in [1.807, 2.05) is 53.5 Å². The highest BCUT2D eigenvalue weighted by atomic mass is 28.4. The van der Waals surface area contributed by atoms with Crippen molar-refractivity contribution in [2.45, 2.75) is 109 Å².